The van der Waals surface area contributed by atoms with E-state index in [0.29, 0.717) is 11.3 Å². The topological polar surface area (TPSA) is 103 Å². The first-order chi connectivity index (χ1) is 11.7. The van der Waals surface area contributed by atoms with Gasteiger partial charge in [-0.15, -0.1) is 0 Å². The molecule has 2 rings (SSSR count). The average molecular weight is 466 g/mol. The number of carboxylic acid groups (broad SMARTS) is 2. The van der Waals surface area contributed by atoms with Gasteiger partial charge in [0.15, 0.2) is 5.69 Å². The van der Waals surface area contributed by atoms with Crippen LogP contribution in [0.25, 0.3) is 4.85 Å². The van der Waals surface area contributed by atoms with E-state index in [1.165, 1.54) is 12.1 Å². The van der Waals surface area contributed by atoms with Crippen LogP contribution in [0.5, 0.6) is 0 Å². The first kappa shape index (κ1) is 25.6. The zero-order valence-corrected chi connectivity index (χ0v) is 16.3. The molecular weight excluding hydrogens is 452 g/mol. The summed E-state index contributed by atoms with van der Waals surface area (Å²) in [6, 6.07) is 9.63. The molecule has 0 aliphatic carbocycles. The number of rotatable bonds is 2. The number of hydrogen-bond donors (Lipinski definition) is 2. The number of aromatic carboxylic acids is 2. The molecule has 0 amide bonds. The third-order valence-electron chi connectivity index (χ3n) is 2.73. The molecule has 0 unspecified atom stereocenters. The monoisotopic (exact) mass is 464 g/mol. The Hall–Kier alpha value is -2.64. The van der Waals surface area contributed by atoms with E-state index in [1.807, 2.05) is 13.0 Å². The van der Waals surface area contributed by atoms with E-state index in [0.717, 1.165) is 15.6 Å². The molecule has 0 heterocycles. The molecule has 0 aliphatic heterocycles. The maximum atomic E-state index is 10.5. The van der Waals surface area contributed by atoms with E-state index < -0.39 is 11.9 Å². The minimum absolute atomic E-state index is 0. The predicted molar refractivity (Wildman–Crippen MR) is 95.2 cm³/mol. The Balaban J connectivity index is 0. The Kier molecular flexibility index (Phi) is 12.5. The summed E-state index contributed by atoms with van der Waals surface area (Å²) < 4.78 is 0.801. The molecule has 26 heavy (non-hydrogen) atoms. The molecule has 0 atom stereocenters. The van der Waals surface area contributed by atoms with Crippen LogP contribution < -0.4 is 0 Å². The number of aryl methyl sites for hydroxylation is 2. The van der Waals surface area contributed by atoms with Crippen LogP contribution in [0.15, 0.2) is 40.9 Å². The average Bonchev–Trinajstić information content (AvgIpc) is 2.55. The molecule has 0 saturated carbocycles. The van der Waals surface area contributed by atoms with Gasteiger partial charge in [-0.25, -0.2) is 14.4 Å². The Labute approximate surface area is 170 Å². The van der Waals surface area contributed by atoms with Crippen LogP contribution in [0.4, 0.5) is 5.69 Å². The second-order valence-corrected chi connectivity index (χ2v) is 5.71. The standard InChI is InChI=1S/C9H7NO2.C8H7BrO2.CN.Cu/c1-6-3-7(9(11)12)5-8(4-6)10-2;1-5-2-6(8(10)11)4-7(9)3-5;1-2;/h3-5H,1H3,(H,11,12);2-4H,1H3,(H,10,11);;/q;;-1;+1. The summed E-state index contributed by atoms with van der Waals surface area (Å²) in [6.07, 6.45) is 0. The van der Waals surface area contributed by atoms with Crippen molar-refractivity contribution in [3.63, 3.8) is 0 Å². The zero-order valence-electron chi connectivity index (χ0n) is 13.7. The minimum Gasteiger partial charge on any atom is -0.512 e. The quantitative estimate of drug-likeness (QED) is 0.490. The molecule has 2 N–H and O–H groups in total. The maximum Gasteiger partial charge on any atom is 1.00 e. The zero-order chi connectivity index (χ0) is 19.6. The molecule has 0 spiro atoms. The molecule has 0 aliphatic rings. The van der Waals surface area contributed by atoms with Crippen molar-refractivity contribution in [3.05, 3.63) is 81.1 Å². The summed E-state index contributed by atoms with van der Waals surface area (Å²) >= 11 is 3.22. The summed E-state index contributed by atoms with van der Waals surface area (Å²) in [6.45, 7) is 15.1. The number of carboxylic acids is 2. The molecule has 6 nitrogen and oxygen atoms in total. The summed E-state index contributed by atoms with van der Waals surface area (Å²) in [5, 5.41) is 23.5. The van der Waals surface area contributed by atoms with Crippen LogP contribution in [0.1, 0.15) is 31.8 Å². The number of carbonyl (C=O) groups is 2. The van der Waals surface area contributed by atoms with E-state index in [-0.39, 0.29) is 22.6 Å². The van der Waals surface area contributed by atoms with E-state index in [9.17, 15) is 9.59 Å². The van der Waals surface area contributed by atoms with Gasteiger partial charge in [-0.1, -0.05) is 27.6 Å². The third-order valence-corrected chi connectivity index (χ3v) is 3.19. The van der Waals surface area contributed by atoms with Crippen molar-refractivity contribution in [3.8, 4) is 0 Å². The van der Waals surface area contributed by atoms with Gasteiger partial charge in [-0.05, 0) is 49.7 Å². The first-order valence-electron chi connectivity index (χ1n) is 6.68. The number of halogens is 1. The van der Waals surface area contributed by atoms with Gasteiger partial charge in [0.2, 0.25) is 0 Å². The second kappa shape index (κ2) is 12.7. The number of nitrogens with zero attached hydrogens (tertiary/aromatic N) is 2. The third kappa shape index (κ3) is 9.00. The molecule has 0 saturated heterocycles. The van der Waals surface area contributed by atoms with Gasteiger partial charge < -0.3 is 22.0 Å². The number of benzene rings is 2. The largest absolute Gasteiger partial charge is 1.00 e. The Morgan fingerprint density at radius 3 is 1.73 bits per heavy atom. The van der Waals surface area contributed by atoms with Crippen LogP contribution in [-0.4, -0.2) is 22.2 Å². The van der Waals surface area contributed by atoms with Crippen LogP contribution >= 0.6 is 15.9 Å². The van der Waals surface area contributed by atoms with Gasteiger partial charge in [0.1, 0.15) is 0 Å². The van der Waals surface area contributed by atoms with Crippen LogP contribution in [0.2, 0.25) is 0 Å². The molecule has 0 radical (unpaired) electrons. The van der Waals surface area contributed by atoms with Crippen LogP contribution in [0, 0.1) is 32.3 Å². The first-order valence-corrected chi connectivity index (χ1v) is 7.47. The Bertz CT molecular complexity index is 825. The summed E-state index contributed by atoms with van der Waals surface area (Å²) in [5.41, 5.74) is 2.59. The fraction of sp³-hybridized carbons (Fsp3) is 0.111. The fourth-order valence-electron chi connectivity index (χ4n) is 1.81. The van der Waals surface area contributed by atoms with Crippen molar-refractivity contribution in [1.82, 2.24) is 0 Å². The SMILES string of the molecule is Cc1cc(Br)cc(C(=O)O)c1.[C-]#N.[C-]#[N+]c1cc(C)cc(C(=O)O)c1.[Cu+]. The molecule has 138 valence electrons. The minimum atomic E-state index is -0.997. The van der Waals surface area contributed by atoms with Crippen LogP contribution in [-0.2, 0) is 17.1 Å². The maximum absolute atomic E-state index is 10.5. The van der Waals surface area contributed by atoms with Crippen molar-refractivity contribution in [2.75, 3.05) is 0 Å². The molecule has 0 fully saturated rings. The molecule has 0 bridgehead atoms. The molecule has 2 aromatic carbocycles. The van der Waals surface area contributed by atoms with Gasteiger partial charge in [0.05, 0.1) is 12.1 Å². The normalized spacial score (nSPS) is 8.31. The molecular formula is C18H14BrCuN2O4. The van der Waals surface area contributed by atoms with Gasteiger partial charge >= 0.3 is 29.0 Å². The van der Waals surface area contributed by atoms with Gasteiger partial charge in [-0.2, -0.15) is 0 Å². The van der Waals surface area contributed by atoms with Crippen molar-refractivity contribution < 1.29 is 36.9 Å². The van der Waals surface area contributed by atoms with Crippen LogP contribution in [0.3, 0.4) is 0 Å². The summed E-state index contributed by atoms with van der Waals surface area (Å²) in [4.78, 5) is 24.2. The molecule has 8 heteroatoms. The Morgan fingerprint density at radius 1 is 0.923 bits per heavy atom. The van der Waals surface area contributed by atoms with E-state index in [2.05, 4.69) is 20.8 Å². The van der Waals surface area contributed by atoms with Crippen molar-refractivity contribution in [1.29, 1.82) is 5.26 Å². The van der Waals surface area contributed by atoms with E-state index in [1.54, 1.807) is 25.1 Å². The summed E-state index contributed by atoms with van der Waals surface area (Å²) in [7, 11) is 0. The van der Waals surface area contributed by atoms with Crippen molar-refractivity contribution in [2.24, 2.45) is 0 Å². The van der Waals surface area contributed by atoms with E-state index >= 15 is 0 Å². The van der Waals surface area contributed by atoms with Gasteiger partial charge in [0, 0.05) is 10.0 Å². The second-order valence-electron chi connectivity index (χ2n) is 4.80. The number of hydrogen-bond acceptors (Lipinski definition) is 3. The summed E-state index contributed by atoms with van der Waals surface area (Å²) in [5.74, 6) is -1.89. The van der Waals surface area contributed by atoms with Gasteiger partial charge in [0.25, 0.3) is 0 Å². The fourth-order valence-corrected chi connectivity index (χ4v) is 2.42. The van der Waals surface area contributed by atoms with Gasteiger partial charge in [-0.3, -0.25) is 0 Å². The van der Waals surface area contributed by atoms with Crippen molar-refractivity contribution in [2.45, 2.75) is 13.8 Å². The smallest absolute Gasteiger partial charge is 0.512 e. The molecule has 2 aromatic rings. The Morgan fingerprint density at radius 2 is 1.35 bits per heavy atom. The van der Waals surface area contributed by atoms with E-state index in [4.69, 9.17) is 28.6 Å². The van der Waals surface area contributed by atoms with Crippen molar-refractivity contribution >= 4 is 33.6 Å². The molecule has 0 aromatic heterocycles. The predicted octanol–water partition coefficient (Wildman–Crippen LogP) is 4.79.